The van der Waals surface area contributed by atoms with Crippen LogP contribution in [0, 0.1) is 5.92 Å². The van der Waals surface area contributed by atoms with Gasteiger partial charge in [-0.2, -0.15) is 13.2 Å². The van der Waals surface area contributed by atoms with Crippen molar-refractivity contribution in [2.24, 2.45) is 5.92 Å². The van der Waals surface area contributed by atoms with Crippen molar-refractivity contribution in [2.75, 3.05) is 11.9 Å². The molecule has 0 unspecified atom stereocenters. The molecular formula is C18H18F3N3O2. The summed E-state index contributed by atoms with van der Waals surface area (Å²) in [6.07, 6.45) is -0.388. The van der Waals surface area contributed by atoms with Crippen molar-refractivity contribution in [3.8, 4) is 11.1 Å². The molecule has 26 heavy (non-hydrogen) atoms. The normalized spacial score (nSPS) is 19.5. The highest BCUT2D eigenvalue weighted by Gasteiger charge is 2.30. The van der Waals surface area contributed by atoms with Crippen LogP contribution in [0.4, 0.5) is 23.7 Å². The van der Waals surface area contributed by atoms with E-state index in [4.69, 9.17) is 0 Å². The number of hydrogen-bond donors (Lipinski definition) is 3. The predicted molar refractivity (Wildman–Crippen MR) is 90.4 cm³/mol. The van der Waals surface area contributed by atoms with Gasteiger partial charge in [-0.3, -0.25) is 4.98 Å². The number of amides is 2. The van der Waals surface area contributed by atoms with E-state index < -0.39 is 17.8 Å². The highest BCUT2D eigenvalue weighted by Crippen LogP contribution is 2.33. The summed E-state index contributed by atoms with van der Waals surface area (Å²) in [6, 6.07) is 5.92. The molecule has 1 aromatic heterocycles. The zero-order chi connectivity index (χ0) is 18.7. The van der Waals surface area contributed by atoms with Crippen molar-refractivity contribution in [3.63, 3.8) is 0 Å². The molecule has 1 fully saturated rings. The van der Waals surface area contributed by atoms with Crippen LogP contribution in [0.25, 0.3) is 11.1 Å². The van der Waals surface area contributed by atoms with E-state index in [1.165, 1.54) is 24.5 Å². The maximum Gasteiger partial charge on any atom is 0.416 e. The Bertz CT molecular complexity index is 772. The lowest BCUT2D eigenvalue weighted by molar-refractivity contribution is -0.137. The first-order valence-electron chi connectivity index (χ1n) is 8.17. The summed E-state index contributed by atoms with van der Waals surface area (Å²) in [4.78, 5) is 16.0. The van der Waals surface area contributed by atoms with E-state index in [-0.39, 0.29) is 12.0 Å². The van der Waals surface area contributed by atoms with Gasteiger partial charge in [0.05, 0.1) is 23.6 Å². The van der Waals surface area contributed by atoms with Gasteiger partial charge in [0.25, 0.3) is 0 Å². The Hall–Kier alpha value is -2.61. The van der Waals surface area contributed by atoms with Gasteiger partial charge in [-0.15, -0.1) is 0 Å². The Morgan fingerprint density at radius 1 is 1.19 bits per heavy atom. The van der Waals surface area contributed by atoms with Gasteiger partial charge in [0.1, 0.15) is 0 Å². The Morgan fingerprint density at radius 3 is 2.50 bits per heavy atom. The molecule has 0 radical (unpaired) electrons. The maximum absolute atomic E-state index is 12.7. The molecule has 1 heterocycles. The van der Waals surface area contributed by atoms with Crippen LogP contribution in [0.3, 0.4) is 0 Å². The van der Waals surface area contributed by atoms with E-state index in [9.17, 15) is 23.1 Å². The highest BCUT2D eigenvalue weighted by atomic mass is 19.4. The first-order valence-corrected chi connectivity index (χ1v) is 8.17. The SMILES string of the molecule is O=C(NCC1CC(O)C1)Nc1cnccc1-c1ccc(C(F)(F)F)cc1. The number of hydrogen-bond acceptors (Lipinski definition) is 3. The largest absolute Gasteiger partial charge is 0.416 e. The molecule has 8 heteroatoms. The predicted octanol–water partition coefficient (Wildman–Crippen LogP) is 3.66. The fourth-order valence-corrected chi connectivity index (χ4v) is 2.86. The molecule has 5 nitrogen and oxygen atoms in total. The van der Waals surface area contributed by atoms with Crippen LogP contribution < -0.4 is 10.6 Å². The summed E-state index contributed by atoms with van der Waals surface area (Å²) in [5.74, 6) is 0.263. The maximum atomic E-state index is 12.7. The summed E-state index contributed by atoms with van der Waals surface area (Å²) >= 11 is 0. The van der Waals surface area contributed by atoms with Gasteiger partial charge < -0.3 is 15.7 Å². The smallest absolute Gasteiger partial charge is 0.393 e. The number of nitrogens with one attached hydrogen (secondary N) is 2. The minimum atomic E-state index is -4.40. The van der Waals surface area contributed by atoms with E-state index in [0.717, 1.165) is 12.1 Å². The zero-order valence-corrected chi connectivity index (χ0v) is 13.8. The van der Waals surface area contributed by atoms with Crippen molar-refractivity contribution in [1.29, 1.82) is 0 Å². The lowest BCUT2D eigenvalue weighted by Gasteiger charge is -2.31. The standard InChI is InChI=1S/C18H18F3N3O2/c19-18(20,21)13-3-1-12(2-4-13)15-5-6-22-10-16(15)24-17(26)23-9-11-7-14(25)8-11/h1-6,10-11,14,25H,7-9H2,(H2,23,24,26). The molecule has 0 spiro atoms. The number of benzene rings is 1. The van der Waals surface area contributed by atoms with E-state index in [2.05, 4.69) is 15.6 Å². The van der Waals surface area contributed by atoms with Crippen molar-refractivity contribution in [2.45, 2.75) is 25.1 Å². The van der Waals surface area contributed by atoms with Crippen molar-refractivity contribution in [3.05, 3.63) is 48.3 Å². The number of alkyl halides is 3. The third kappa shape index (κ3) is 4.32. The highest BCUT2D eigenvalue weighted by molar-refractivity contribution is 5.94. The minimum absolute atomic E-state index is 0.263. The fourth-order valence-electron chi connectivity index (χ4n) is 2.86. The first kappa shape index (κ1) is 18.2. The Labute approximate surface area is 148 Å². The second-order valence-corrected chi connectivity index (χ2v) is 6.32. The average Bonchev–Trinajstić information content (AvgIpc) is 2.57. The van der Waals surface area contributed by atoms with Crippen LogP contribution in [-0.4, -0.2) is 28.8 Å². The quantitative estimate of drug-likeness (QED) is 0.774. The summed E-state index contributed by atoms with van der Waals surface area (Å²) in [7, 11) is 0. The number of halogens is 3. The van der Waals surface area contributed by atoms with Gasteiger partial charge in [0.15, 0.2) is 0 Å². The molecule has 0 bridgehead atoms. The lowest BCUT2D eigenvalue weighted by atomic mass is 9.82. The molecule has 2 aromatic rings. The molecule has 0 saturated heterocycles. The number of carbonyl (C=O) groups excluding carboxylic acids is 1. The summed E-state index contributed by atoms with van der Waals surface area (Å²) in [5, 5.41) is 14.6. The van der Waals surface area contributed by atoms with Gasteiger partial charge in [0, 0.05) is 18.3 Å². The zero-order valence-electron chi connectivity index (χ0n) is 13.8. The Morgan fingerprint density at radius 2 is 1.88 bits per heavy atom. The number of aliphatic hydroxyl groups excluding tert-OH is 1. The number of carbonyl (C=O) groups is 1. The molecule has 1 aliphatic rings. The summed E-state index contributed by atoms with van der Waals surface area (Å²) in [6.45, 7) is 0.457. The number of rotatable bonds is 4. The molecule has 1 saturated carbocycles. The average molecular weight is 365 g/mol. The molecule has 138 valence electrons. The third-order valence-corrected chi connectivity index (χ3v) is 4.35. The number of pyridine rings is 1. The van der Waals surface area contributed by atoms with E-state index in [0.29, 0.717) is 36.2 Å². The van der Waals surface area contributed by atoms with E-state index >= 15 is 0 Å². The topological polar surface area (TPSA) is 74.2 Å². The first-order chi connectivity index (χ1) is 12.3. The second-order valence-electron chi connectivity index (χ2n) is 6.32. The summed E-state index contributed by atoms with van der Waals surface area (Å²) < 4.78 is 38.1. The minimum Gasteiger partial charge on any atom is -0.393 e. The number of aromatic nitrogens is 1. The molecule has 0 atom stereocenters. The Balaban J connectivity index is 1.68. The van der Waals surface area contributed by atoms with E-state index in [1.54, 1.807) is 6.07 Å². The van der Waals surface area contributed by atoms with Crippen LogP contribution in [0.2, 0.25) is 0 Å². The molecule has 2 amide bonds. The van der Waals surface area contributed by atoms with Crippen molar-refractivity contribution >= 4 is 11.7 Å². The van der Waals surface area contributed by atoms with Crippen molar-refractivity contribution in [1.82, 2.24) is 10.3 Å². The molecular weight excluding hydrogens is 347 g/mol. The lowest BCUT2D eigenvalue weighted by Crippen LogP contribution is -2.40. The van der Waals surface area contributed by atoms with Gasteiger partial charge >= 0.3 is 12.2 Å². The summed E-state index contributed by atoms with van der Waals surface area (Å²) in [5.41, 5.74) is 0.782. The van der Waals surface area contributed by atoms with Crippen LogP contribution >= 0.6 is 0 Å². The molecule has 1 aromatic carbocycles. The molecule has 1 aliphatic carbocycles. The van der Waals surface area contributed by atoms with Gasteiger partial charge in [-0.05, 0) is 42.5 Å². The van der Waals surface area contributed by atoms with Crippen LogP contribution in [0.15, 0.2) is 42.7 Å². The number of anilines is 1. The third-order valence-electron chi connectivity index (χ3n) is 4.35. The fraction of sp³-hybridized carbons (Fsp3) is 0.333. The van der Waals surface area contributed by atoms with Crippen LogP contribution in [0.5, 0.6) is 0 Å². The molecule has 3 rings (SSSR count). The van der Waals surface area contributed by atoms with Crippen LogP contribution in [0.1, 0.15) is 18.4 Å². The Kier molecular flexibility index (Phi) is 5.13. The van der Waals surface area contributed by atoms with Gasteiger partial charge in [0.2, 0.25) is 0 Å². The number of urea groups is 1. The number of aliphatic hydroxyl groups is 1. The van der Waals surface area contributed by atoms with Gasteiger partial charge in [-0.1, -0.05) is 12.1 Å². The second kappa shape index (κ2) is 7.33. The van der Waals surface area contributed by atoms with Crippen LogP contribution in [-0.2, 0) is 6.18 Å². The molecule has 0 aliphatic heterocycles. The monoisotopic (exact) mass is 365 g/mol. The number of nitrogens with zero attached hydrogens (tertiary/aromatic N) is 1. The van der Waals surface area contributed by atoms with Gasteiger partial charge in [-0.25, -0.2) is 4.79 Å². The molecule has 3 N–H and O–H groups in total. The van der Waals surface area contributed by atoms with Crippen molar-refractivity contribution < 1.29 is 23.1 Å². The van der Waals surface area contributed by atoms with E-state index in [1.807, 2.05) is 0 Å².